The first kappa shape index (κ1) is 19.7. The van der Waals surface area contributed by atoms with Crippen molar-refractivity contribution >= 4 is 35.8 Å². The first-order valence-electron chi connectivity index (χ1n) is 7.16. The molecule has 0 bridgehead atoms. The van der Waals surface area contributed by atoms with Gasteiger partial charge < -0.3 is 15.5 Å². The highest BCUT2D eigenvalue weighted by Gasteiger charge is 2.26. The number of carbonyl (C=O) groups excluding carboxylic acids is 2. The molecule has 0 spiro atoms. The van der Waals surface area contributed by atoms with Gasteiger partial charge in [0.05, 0.1) is 5.56 Å². The maximum absolute atomic E-state index is 13.8. The minimum atomic E-state index is -0.632. The second-order valence-corrected chi connectivity index (χ2v) is 5.91. The maximum Gasteiger partial charge on any atom is 0.256 e. The molecule has 2 N–H and O–H groups in total. The molecule has 5 nitrogen and oxygen atoms in total. The zero-order chi connectivity index (χ0) is 16.3. The predicted octanol–water partition coefficient (Wildman–Crippen LogP) is 1.92. The average Bonchev–Trinajstić information content (AvgIpc) is 2.46. The number of carbonyl (C=O) groups is 2. The number of rotatable bonds is 3. The van der Waals surface area contributed by atoms with Gasteiger partial charge in [-0.2, -0.15) is 0 Å². The second kappa shape index (κ2) is 8.47. The lowest BCUT2D eigenvalue weighted by Gasteiger charge is -2.35. The van der Waals surface area contributed by atoms with Gasteiger partial charge in [-0.05, 0) is 25.1 Å². The van der Waals surface area contributed by atoms with Gasteiger partial charge in [0.2, 0.25) is 5.91 Å². The van der Waals surface area contributed by atoms with E-state index in [-0.39, 0.29) is 40.8 Å². The zero-order valence-corrected chi connectivity index (χ0v) is 14.4. The Balaban J connectivity index is 0.00000264. The van der Waals surface area contributed by atoms with E-state index in [0.29, 0.717) is 32.6 Å². The second-order valence-electron chi connectivity index (χ2n) is 5.48. The zero-order valence-electron chi connectivity index (χ0n) is 12.8. The summed E-state index contributed by atoms with van der Waals surface area (Å²) < 4.78 is 13.8. The van der Waals surface area contributed by atoms with Crippen molar-refractivity contribution in [1.29, 1.82) is 0 Å². The smallest absolute Gasteiger partial charge is 0.256 e. The van der Waals surface area contributed by atoms with Gasteiger partial charge in [-0.3, -0.25) is 9.59 Å². The molecule has 1 aromatic carbocycles. The molecule has 0 radical (unpaired) electrons. The molecule has 0 aromatic heterocycles. The standard InChI is InChI=1S/C15H19ClFN3O2.ClH/c1-10(18)8-14(21)19-4-6-20(7-5-19)15(22)12-3-2-11(16)9-13(12)17;/h2-3,9-10H,4-8,18H2,1H3;1H. The van der Waals surface area contributed by atoms with Crippen molar-refractivity contribution in [3.05, 3.63) is 34.6 Å². The third-order valence-corrected chi connectivity index (χ3v) is 3.81. The molecule has 1 saturated heterocycles. The van der Waals surface area contributed by atoms with Gasteiger partial charge in [0, 0.05) is 43.7 Å². The molecule has 0 aliphatic carbocycles. The van der Waals surface area contributed by atoms with Crippen LogP contribution in [0, 0.1) is 5.82 Å². The molecule has 2 amide bonds. The summed E-state index contributed by atoms with van der Waals surface area (Å²) in [4.78, 5) is 27.4. The summed E-state index contributed by atoms with van der Waals surface area (Å²) in [7, 11) is 0. The summed E-state index contributed by atoms with van der Waals surface area (Å²) in [5.41, 5.74) is 5.62. The molecule has 1 unspecified atom stereocenters. The van der Waals surface area contributed by atoms with Crippen LogP contribution < -0.4 is 5.73 Å². The van der Waals surface area contributed by atoms with E-state index in [4.69, 9.17) is 17.3 Å². The van der Waals surface area contributed by atoms with Crippen LogP contribution in [0.2, 0.25) is 5.02 Å². The Hall–Kier alpha value is -1.37. The summed E-state index contributed by atoms with van der Waals surface area (Å²) in [5.74, 6) is -1.03. The Morgan fingerprint density at radius 3 is 2.35 bits per heavy atom. The highest BCUT2D eigenvalue weighted by Crippen LogP contribution is 2.17. The number of benzene rings is 1. The minimum absolute atomic E-state index is 0. The molecule has 0 saturated carbocycles. The number of nitrogens with zero attached hydrogens (tertiary/aromatic N) is 2. The van der Waals surface area contributed by atoms with Crippen LogP contribution in [0.4, 0.5) is 4.39 Å². The Labute approximate surface area is 146 Å². The van der Waals surface area contributed by atoms with Crippen LogP contribution in [0.15, 0.2) is 18.2 Å². The largest absolute Gasteiger partial charge is 0.339 e. The predicted molar refractivity (Wildman–Crippen MR) is 89.4 cm³/mol. The van der Waals surface area contributed by atoms with Crippen molar-refractivity contribution in [2.24, 2.45) is 5.73 Å². The van der Waals surface area contributed by atoms with Crippen molar-refractivity contribution in [2.75, 3.05) is 26.2 Å². The molecule has 1 aromatic rings. The minimum Gasteiger partial charge on any atom is -0.339 e. The maximum atomic E-state index is 13.8. The molecule has 1 heterocycles. The van der Waals surface area contributed by atoms with Crippen LogP contribution in [0.25, 0.3) is 0 Å². The van der Waals surface area contributed by atoms with E-state index >= 15 is 0 Å². The van der Waals surface area contributed by atoms with Gasteiger partial charge in [-0.25, -0.2) is 4.39 Å². The van der Waals surface area contributed by atoms with E-state index in [9.17, 15) is 14.0 Å². The molecule has 1 aliphatic rings. The molecule has 2 rings (SSSR count). The number of nitrogens with two attached hydrogens (primary N) is 1. The summed E-state index contributed by atoms with van der Waals surface area (Å²) in [5, 5.41) is 0.250. The van der Waals surface area contributed by atoms with Gasteiger partial charge in [0.15, 0.2) is 0 Å². The van der Waals surface area contributed by atoms with Gasteiger partial charge in [0.1, 0.15) is 5.82 Å². The molecule has 1 atom stereocenters. The van der Waals surface area contributed by atoms with E-state index in [1.807, 2.05) is 0 Å². The Bertz CT molecular complexity index is 576. The number of amides is 2. The summed E-state index contributed by atoms with van der Waals surface area (Å²) in [6.07, 6.45) is 0.291. The van der Waals surface area contributed by atoms with Gasteiger partial charge in [-0.1, -0.05) is 11.6 Å². The lowest BCUT2D eigenvalue weighted by Crippen LogP contribution is -2.51. The molecule has 1 aliphatic heterocycles. The van der Waals surface area contributed by atoms with Gasteiger partial charge in [0.25, 0.3) is 5.91 Å². The fourth-order valence-electron chi connectivity index (χ4n) is 2.40. The van der Waals surface area contributed by atoms with Crippen molar-refractivity contribution in [3.63, 3.8) is 0 Å². The highest BCUT2D eigenvalue weighted by molar-refractivity contribution is 6.30. The number of hydrogen-bond acceptors (Lipinski definition) is 3. The molecule has 8 heteroatoms. The third-order valence-electron chi connectivity index (χ3n) is 3.58. The fraction of sp³-hybridized carbons (Fsp3) is 0.467. The van der Waals surface area contributed by atoms with E-state index in [0.717, 1.165) is 6.07 Å². The molecule has 23 heavy (non-hydrogen) atoms. The van der Waals surface area contributed by atoms with E-state index < -0.39 is 5.82 Å². The third kappa shape index (κ3) is 5.06. The number of piperazine rings is 1. The van der Waals surface area contributed by atoms with Crippen LogP contribution in [0.1, 0.15) is 23.7 Å². The number of hydrogen-bond donors (Lipinski definition) is 1. The van der Waals surface area contributed by atoms with Crippen LogP contribution in [0.5, 0.6) is 0 Å². The topological polar surface area (TPSA) is 66.6 Å². The van der Waals surface area contributed by atoms with E-state index in [1.165, 1.54) is 12.1 Å². The SMILES string of the molecule is CC(N)CC(=O)N1CCN(C(=O)c2ccc(Cl)cc2F)CC1.Cl. The molecule has 128 valence electrons. The quantitative estimate of drug-likeness (QED) is 0.891. The normalized spacial score (nSPS) is 15.8. The van der Waals surface area contributed by atoms with Crippen molar-refractivity contribution < 1.29 is 14.0 Å². The monoisotopic (exact) mass is 363 g/mol. The Kier molecular flexibility index (Phi) is 7.25. The molecule has 1 fully saturated rings. The van der Waals surface area contributed by atoms with Crippen LogP contribution in [0.3, 0.4) is 0 Å². The first-order valence-corrected chi connectivity index (χ1v) is 7.54. The fourth-order valence-corrected chi connectivity index (χ4v) is 2.56. The van der Waals surface area contributed by atoms with Crippen molar-refractivity contribution in [3.8, 4) is 0 Å². The number of halogens is 3. The Morgan fingerprint density at radius 2 is 1.83 bits per heavy atom. The summed E-state index contributed by atoms with van der Waals surface area (Å²) >= 11 is 5.68. The van der Waals surface area contributed by atoms with Crippen molar-refractivity contribution in [2.45, 2.75) is 19.4 Å². The van der Waals surface area contributed by atoms with Crippen molar-refractivity contribution in [1.82, 2.24) is 9.80 Å². The average molecular weight is 364 g/mol. The van der Waals surface area contributed by atoms with Crippen LogP contribution in [-0.4, -0.2) is 53.8 Å². The van der Waals surface area contributed by atoms with Gasteiger partial charge >= 0.3 is 0 Å². The lowest BCUT2D eigenvalue weighted by atomic mass is 10.1. The van der Waals surface area contributed by atoms with Crippen LogP contribution in [-0.2, 0) is 4.79 Å². The van der Waals surface area contributed by atoms with E-state index in [1.54, 1.807) is 16.7 Å². The Morgan fingerprint density at radius 1 is 1.26 bits per heavy atom. The lowest BCUT2D eigenvalue weighted by molar-refractivity contribution is -0.132. The molecular formula is C15H20Cl2FN3O2. The van der Waals surface area contributed by atoms with Crippen LogP contribution >= 0.6 is 24.0 Å². The summed E-state index contributed by atoms with van der Waals surface area (Å²) in [6, 6.07) is 3.81. The molecular weight excluding hydrogens is 344 g/mol. The summed E-state index contributed by atoms with van der Waals surface area (Å²) in [6.45, 7) is 3.41. The first-order chi connectivity index (χ1) is 10.4. The van der Waals surface area contributed by atoms with Gasteiger partial charge in [-0.15, -0.1) is 12.4 Å². The van der Waals surface area contributed by atoms with E-state index in [2.05, 4.69) is 0 Å². The highest BCUT2D eigenvalue weighted by atomic mass is 35.5.